The molecule has 1 N–H and O–H groups in total. The molecule has 0 spiro atoms. The first-order chi connectivity index (χ1) is 11.6. The monoisotopic (exact) mass is 339 g/mol. The van der Waals surface area contributed by atoms with Crippen molar-refractivity contribution in [2.45, 2.75) is 6.92 Å². The Hall–Kier alpha value is -2.99. The predicted molar refractivity (Wildman–Crippen MR) is 92.9 cm³/mol. The summed E-state index contributed by atoms with van der Waals surface area (Å²) in [4.78, 5) is 12.1. The SMILES string of the molecule is CC(=O)/C(=C\Nc1cccc(Cl)c1)c1nnnn1-c1ccccc1. The maximum absolute atomic E-state index is 12.1. The smallest absolute Gasteiger partial charge is 0.192 e. The molecule has 6 nitrogen and oxygen atoms in total. The lowest BCUT2D eigenvalue weighted by Crippen LogP contribution is -2.08. The van der Waals surface area contributed by atoms with Crippen LogP contribution in [0, 0.1) is 0 Å². The van der Waals surface area contributed by atoms with Crippen LogP contribution in [0.4, 0.5) is 5.69 Å². The van der Waals surface area contributed by atoms with Gasteiger partial charge in [0, 0.05) is 16.9 Å². The summed E-state index contributed by atoms with van der Waals surface area (Å²) in [5.74, 6) is 0.208. The second-order valence-corrected chi connectivity index (χ2v) is 5.46. The van der Waals surface area contributed by atoms with Gasteiger partial charge in [-0.05, 0) is 47.7 Å². The lowest BCUT2D eigenvalue weighted by molar-refractivity contribution is -0.111. The van der Waals surface area contributed by atoms with Crippen LogP contribution in [0.15, 0.2) is 60.8 Å². The molecule has 0 bridgehead atoms. The van der Waals surface area contributed by atoms with E-state index in [1.54, 1.807) is 18.3 Å². The molecule has 0 radical (unpaired) electrons. The van der Waals surface area contributed by atoms with Gasteiger partial charge in [-0.2, -0.15) is 4.68 Å². The Balaban J connectivity index is 1.97. The van der Waals surface area contributed by atoms with E-state index in [-0.39, 0.29) is 5.78 Å². The molecule has 1 heterocycles. The van der Waals surface area contributed by atoms with Crippen LogP contribution in [-0.4, -0.2) is 26.0 Å². The van der Waals surface area contributed by atoms with Crippen molar-refractivity contribution in [3.8, 4) is 5.69 Å². The molecule has 0 amide bonds. The van der Waals surface area contributed by atoms with Crippen LogP contribution < -0.4 is 5.32 Å². The van der Waals surface area contributed by atoms with Crippen LogP contribution in [0.1, 0.15) is 12.7 Å². The molecule has 0 saturated carbocycles. The zero-order valence-electron chi connectivity index (χ0n) is 12.8. The lowest BCUT2D eigenvalue weighted by atomic mass is 10.2. The average molecular weight is 340 g/mol. The van der Waals surface area contributed by atoms with Gasteiger partial charge in [0.15, 0.2) is 11.6 Å². The molecule has 3 rings (SSSR count). The summed E-state index contributed by atoms with van der Waals surface area (Å²) in [5.41, 5.74) is 1.90. The highest BCUT2D eigenvalue weighted by atomic mass is 35.5. The molecule has 0 unspecified atom stereocenters. The third-order valence-electron chi connectivity index (χ3n) is 3.30. The fraction of sp³-hybridized carbons (Fsp3) is 0.0588. The minimum Gasteiger partial charge on any atom is -0.361 e. The molecule has 0 fully saturated rings. The number of aromatic nitrogens is 4. The predicted octanol–water partition coefficient (Wildman–Crippen LogP) is 3.36. The van der Waals surface area contributed by atoms with Crippen molar-refractivity contribution < 1.29 is 4.79 Å². The molecule has 1 aromatic heterocycles. The molecule has 120 valence electrons. The maximum atomic E-state index is 12.1. The molecule has 0 aliphatic rings. The number of tetrazole rings is 1. The first-order valence-electron chi connectivity index (χ1n) is 7.22. The van der Waals surface area contributed by atoms with Crippen molar-refractivity contribution in [3.05, 3.63) is 71.6 Å². The van der Waals surface area contributed by atoms with E-state index in [0.29, 0.717) is 16.4 Å². The molecular formula is C17H14ClN5O. The topological polar surface area (TPSA) is 72.7 Å². The van der Waals surface area contributed by atoms with E-state index in [2.05, 4.69) is 20.8 Å². The zero-order valence-corrected chi connectivity index (χ0v) is 13.6. The number of allylic oxidation sites excluding steroid dienone is 1. The van der Waals surface area contributed by atoms with Gasteiger partial charge in [0.2, 0.25) is 0 Å². The van der Waals surface area contributed by atoms with E-state index in [9.17, 15) is 4.79 Å². The Bertz CT molecular complexity index is 889. The number of ketones is 1. The van der Waals surface area contributed by atoms with Crippen molar-refractivity contribution in [2.24, 2.45) is 0 Å². The van der Waals surface area contributed by atoms with Gasteiger partial charge < -0.3 is 5.32 Å². The molecule has 0 saturated heterocycles. The number of rotatable bonds is 5. The van der Waals surface area contributed by atoms with Gasteiger partial charge >= 0.3 is 0 Å². The van der Waals surface area contributed by atoms with Crippen molar-refractivity contribution in [2.75, 3.05) is 5.32 Å². The number of hydrogen-bond donors (Lipinski definition) is 1. The minimum absolute atomic E-state index is 0.156. The molecule has 7 heteroatoms. The number of nitrogens with zero attached hydrogens (tertiary/aromatic N) is 4. The molecule has 0 aliphatic carbocycles. The Kier molecular flexibility index (Phi) is 4.67. The van der Waals surface area contributed by atoms with Gasteiger partial charge in [0.1, 0.15) is 0 Å². The summed E-state index contributed by atoms with van der Waals surface area (Å²) in [5, 5.41) is 15.3. The van der Waals surface area contributed by atoms with E-state index in [4.69, 9.17) is 11.6 Å². The first-order valence-corrected chi connectivity index (χ1v) is 7.60. The van der Waals surface area contributed by atoms with Crippen LogP contribution in [0.3, 0.4) is 0 Å². The maximum Gasteiger partial charge on any atom is 0.192 e. The first kappa shape index (κ1) is 15.9. The number of hydrogen-bond acceptors (Lipinski definition) is 5. The van der Waals surface area contributed by atoms with Crippen LogP contribution in [0.2, 0.25) is 5.02 Å². The third kappa shape index (κ3) is 3.49. The number of nitrogens with one attached hydrogen (secondary N) is 1. The highest BCUT2D eigenvalue weighted by Crippen LogP contribution is 2.19. The second-order valence-electron chi connectivity index (χ2n) is 5.02. The van der Waals surface area contributed by atoms with Gasteiger partial charge in [-0.3, -0.25) is 4.79 Å². The lowest BCUT2D eigenvalue weighted by Gasteiger charge is -2.07. The number of Topliss-reactive ketones (excluding diaryl/α,β-unsaturated/α-hetero) is 1. The van der Waals surface area contributed by atoms with E-state index in [1.807, 2.05) is 42.5 Å². The van der Waals surface area contributed by atoms with Crippen molar-refractivity contribution in [1.82, 2.24) is 20.2 Å². The Morgan fingerprint density at radius 2 is 1.96 bits per heavy atom. The van der Waals surface area contributed by atoms with E-state index < -0.39 is 0 Å². The fourth-order valence-corrected chi connectivity index (χ4v) is 2.35. The molecule has 24 heavy (non-hydrogen) atoms. The van der Waals surface area contributed by atoms with Gasteiger partial charge in [-0.1, -0.05) is 35.9 Å². The number of carbonyl (C=O) groups excluding carboxylic acids is 1. The van der Waals surface area contributed by atoms with E-state index in [1.165, 1.54) is 11.6 Å². The Morgan fingerprint density at radius 1 is 1.17 bits per heavy atom. The largest absolute Gasteiger partial charge is 0.361 e. The number of benzene rings is 2. The van der Waals surface area contributed by atoms with E-state index in [0.717, 1.165) is 11.4 Å². The average Bonchev–Trinajstić information content (AvgIpc) is 3.05. The standard InChI is InChI=1S/C17H14ClN5O/c1-12(24)16(11-19-14-7-5-6-13(18)10-14)17-20-21-22-23(17)15-8-3-2-4-9-15/h2-11,19H,1H3/b16-11+. The normalized spacial score (nSPS) is 11.3. The van der Waals surface area contributed by atoms with Gasteiger partial charge in [0.25, 0.3) is 0 Å². The number of carbonyl (C=O) groups is 1. The number of anilines is 1. The minimum atomic E-state index is -0.156. The Morgan fingerprint density at radius 3 is 2.67 bits per heavy atom. The fourth-order valence-electron chi connectivity index (χ4n) is 2.16. The highest BCUT2D eigenvalue weighted by molar-refractivity contribution is 6.30. The highest BCUT2D eigenvalue weighted by Gasteiger charge is 2.17. The summed E-state index contributed by atoms with van der Waals surface area (Å²) in [6, 6.07) is 16.6. The number of para-hydroxylation sites is 1. The van der Waals surface area contributed by atoms with Crippen molar-refractivity contribution in [1.29, 1.82) is 0 Å². The molecule has 0 aliphatic heterocycles. The van der Waals surface area contributed by atoms with E-state index >= 15 is 0 Å². The zero-order chi connectivity index (χ0) is 16.9. The third-order valence-corrected chi connectivity index (χ3v) is 3.53. The molecule has 2 aromatic carbocycles. The van der Waals surface area contributed by atoms with Crippen LogP contribution >= 0.6 is 11.6 Å². The van der Waals surface area contributed by atoms with Gasteiger partial charge in [-0.25, -0.2) is 0 Å². The van der Waals surface area contributed by atoms with Crippen LogP contribution in [0.25, 0.3) is 11.3 Å². The summed E-state index contributed by atoms with van der Waals surface area (Å²) in [7, 11) is 0. The summed E-state index contributed by atoms with van der Waals surface area (Å²) < 4.78 is 1.52. The quantitative estimate of drug-likeness (QED) is 0.721. The Labute approximate surface area is 143 Å². The van der Waals surface area contributed by atoms with Gasteiger partial charge in [0.05, 0.1) is 11.3 Å². The summed E-state index contributed by atoms with van der Waals surface area (Å²) >= 11 is 5.96. The van der Waals surface area contributed by atoms with Gasteiger partial charge in [-0.15, -0.1) is 5.10 Å². The molecular weight excluding hydrogens is 326 g/mol. The summed E-state index contributed by atoms with van der Waals surface area (Å²) in [6.45, 7) is 1.47. The van der Waals surface area contributed by atoms with Crippen LogP contribution in [-0.2, 0) is 4.79 Å². The summed E-state index contributed by atoms with van der Waals surface area (Å²) in [6.07, 6.45) is 1.58. The number of halogens is 1. The molecule has 0 atom stereocenters. The second kappa shape index (κ2) is 7.06. The van der Waals surface area contributed by atoms with Crippen LogP contribution in [0.5, 0.6) is 0 Å². The molecule has 3 aromatic rings. The van der Waals surface area contributed by atoms with Crippen molar-refractivity contribution in [3.63, 3.8) is 0 Å². The van der Waals surface area contributed by atoms with Crippen molar-refractivity contribution >= 4 is 28.6 Å².